The molecule has 0 aromatic heterocycles. The van der Waals surface area contributed by atoms with E-state index in [0.717, 1.165) is 12.0 Å². The highest BCUT2D eigenvalue weighted by Gasteiger charge is 2.51. The Kier molecular flexibility index (Phi) is 4.47. The maximum atomic E-state index is 14.3. The number of para-hydroxylation sites is 1. The lowest BCUT2D eigenvalue weighted by atomic mass is 9.94. The monoisotopic (exact) mass is 387 g/mol. The van der Waals surface area contributed by atoms with E-state index in [-0.39, 0.29) is 0 Å². The Morgan fingerprint density at radius 1 is 1.07 bits per heavy atom. The molecule has 0 N–H and O–H groups in total. The van der Waals surface area contributed by atoms with E-state index in [1.807, 2.05) is 0 Å². The van der Waals surface area contributed by atoms with Crippen LogP contribution in [-0.2, 0) is 14.3 Å². The third-order valence-corrected chi connectivity index (χ3v) is 4.70. The molecule has 0 bridgehead atoms. The Morgan fingerprint density at radius 2 is 1.75 bits per heavy atom. The highest BCUT2D eigenvalue weighted by atomic mass is 19.4. The number of ether oxygens (including phenoxy) is 2. The summed E-state index contributed by atoms with van der Waals surface area (Å²) in [5.41, 5.74) is -0.276. The van der Waals surface area contributed by atoms with Crippen molar-refractivity contribution >= 4 is 17.7 Å². The number of halogens is 3. The molecule has 4 nitrogen and oxygen atoms in total. The second-order valence-corrected chi connectivity index (χ2v) is 6.36. The van der Waals surface area contributed by atoms with Crippen LogP contribution in [0.25, 0.3) is 6.08 Å². The van der Waals surface area contributed by atoms with Gasteiger partial charge in [0.1, 0.15) is 11.8 Å². The maximum Gasteiger partial charge on any atom is 0.432 e. The van der Waals surface area contributed by atoms with Gasteiger partial charge in [-0.15, -0.1) is 0 Å². The van der Waals surface area contributed by atoms with Crippen LogP contribution in [0, 0.1) is 0 Å². The van der Waals surface area contributed by atoms with Gasteiger partial charge in [0.25, 0.3) is 0 Å². The molecule has 2 heterocycles. The van der Waals surface area contributed by atoms with E-state index in [9.17, 15) is 18.0 Å². The zero-order valence-electron chi connectivity index (χ0n) is 14.8. The molecule has 0 fully saturated rings. The van der Waals surface area contributed by atoms with Gasteiger partial charge in [-0.25, -0.2) is 4.79 Å². The lowest BCUT2D eigenvalue weighted by molar-refractivity contribution is -0.142. The second-order valence-electron chi connectivity index (χ2n) is 6.36. The van der Waals surface area contributed by atoms with Crippen molar-refractivity contribution in [1.29, 1.82) is 0 Å². The van der Waals surface area contributed by atoms with Crippen molar-refractivity contribution in [1.82, 2.24) is 0 Å². The molecule has 4 rings (SSSR count). The van der Waals surface area contributed by atoms with Crippen LogP contribution in [-0.4, -0.2) is 25.5 Å². The van der Waals surface area contributed by atoms with Gasteiger partial charge in [-0.3, -0.25) is 0 Å². The lowest BCUT2D eigenvalue weighted by Crippen LogP contribution is -2.49. The van der Waals surface area contributed by atoms with Gasteiger partial charge in [0.2, 0.25) is 0 Å². The molecule has 2 aromatic carbocycles. The first-order chi connectivity index (χ1) is 13.4. The van der Waals surface area contributed by atoms with Crippen molar-refractivity contribution in [3.05, 3.63) is 83.1 Å². The van der Waals surface area contributed by atoms with Crippen molar-refractivity contribution in [2.24, 2.45) is 0 Å². The third kappa shape index (κ3) is 2.97. The molecular formula is C21H16F3NO3. The number of allylic oxidation sites excluding steroid dienone is 1. The summed E-state index contributed by atoms with van der Waals surface area (Å²) in [6.07, 6.45) is -3.74. The number of fused-ring (bicyclic) bond motifs is 3. The van der Waals surface area contributed by atoms with Crippen LogP contribution in [0.5, 0.6) is 0 Å². The molecule has 0 saturated heterocycles. The standard InChI is InChI=1S/C21H16F3NO3/c1-27-20(26)17-18(14-8-3-2-4-9-14)28-16-12-11-13-7-5-6-10-15(13)25(16)19(17)21(22,23)24/h2-12,16,18H,1H3/t16-,18+/m1/s1. The highest BCUT2D eigenvalue weighted by Crippen LogP contribution is 2.48. The molecule has 2 aliphatic rings. The fourth-order valence-corrected chi connectivity index (χ4v) is 3.55. The van der Waals surface area contributed by atoms with Gasteiger partial charge >= 0.3 is 12.1 Å². The number of rotatable bonds is 2. The Labute approximate surface area is 159 Å². The van der Waals surface area contributed by atoms with Crippen molar-refractivity contribution in [2.45, 2.75) is 18.5 Å². The van der Waals surface area contributed by atoms with Gasteiger partial charge in [0, 0.05) is 0 Å². The zero-order chi connectivity index (χ0) is 19.9. The first-order valence-corrected chi connectivity index (χ1v) is 8.58. The van der Waals surface area contributed by atoms with Gasteiger partial charge in [0.15, 0.2) is 6.23 Å². The summed E-state index contributed by atoms with van der Waals surface area (Å²) in [4.78, 5) is 13.5. The number of esters is 1. The predicted molar refractivity (Wildman–Crippen MR) is 97.1 cm³/mol. The minimum atomic E-state index is -4.79. The molecule has 2 aliphatic heterocycles. The van der Waals surface area contributed by atoms with Gasteiger partial charge < -0.3 is 14.4 Å². The summed E-state index contributed by atoms with van der Waals surface area (Å²) in [7, 11) is 1.06. The number of benzene rings is 2. The number of carbonyl (C=O) groups excluding carboxylic acids is 1. The average molecular weight is 387 g/mol. The summed E-state index contributed by atoms with van der Waals surface area (Å²) >= 11 is 0. The summed E-state index contributed by atoms with van der Waals surface area (Å²) < 4.78 is 53.5. The Bertz CT molecular complexity index is 966. The van der Waals surface area contributed by atoms with E-state index >= 15 is 0 Å². The van der Waals surface area contributed by atoms with Gasteiger partial charge in [-0.05, 0) is 23.3 Å². The third-order valence-electron chi connectivity index (χ3n) is 4.70. The number of nitrogens with zero attached hydrogens (tertiary/aromatic N) is 1. The SMILES string of the molecule is COC(=O)C1=C(C(F)(F)F)N2c3ccccc3C=C[C@H]2O[C@H]1c1ccccc1. The van der Waals surface area contributed by atoms with Crippen LogP contribution in [0.1, 0.15) is 17.2 Å². The molecule has 0 spiro atoms. The average Bonchev–Trinajstić information content (AvgIpc) is 2.71. The van der Waals surface area contributed by atoms with Crippen LogP contribution in [0.4, 0.5) is 18.9 Å². The minimum absolute atomic E-state index is 0.315. The van der Waals surface area contributed by atoms with Crippen LogP contribution < -0.4 is 4.90 Å². The molecule has 28 heavy (non-hydrogen) atoms. The molecular weight excluding hydrogens is 371 g/mol. The zero-order valence-corrected chi connectivity index (χ0v) is 14.8. The van der Waals surface area contributed by atoms with E-state index in [2.05, 4.69) is 0 Å². The Balaban J connectivity index is 2.00. The summed E-state index contributed by atoms with van der Waals surface area (Å²) in [5, 5.41) is 0. The minimum Gasteiger partial charge on any atom is -0.466 e. The largest absolute Gasteiger partial charge is 0.466 e. The summed E-state index contributed by atoms with van der Waals surface area (Å²) in [5.74, 6) is -1.08. The normalized spacial score (nSPS) is 21.2. The lowest BCUT2D eigenvalue weighted by Gasteiger charge is -2.44. The van der Waals surface area contributed by atoms with E-state index in [1.165, 1.54) is 0 Å². The molecule has 0 radical (unpaired) electrons. The molecule has 7 heteroatoms. The van der Waals surface area contributed by atoms with Crippen LogP contribution in [0.3, 0.4) is 0 Å². The number of methoxy groups -OCH3 is 1. The molecule has 2 aromatic rings. The fraction of sp³-hybridized carbons (Fsp3) is 0.190. The molecule has 0 unspecified atom stereocenters. The second kappa shape index (κ2) is 6.83. The highest BCUT2D eigenvalue weighted by molar-refractivity contribution is 5.93. The number of alkyl halides is 3. The molecule has 144 valence electrons. The van der Waals surface area contributed by atoms with Gasteiger partial charge in [-0.2, -0.15) is 13.2 Å². The van der Waals surface area contributed by atoms with Gasteiger partial charge in [-0.1, -0.05) is 54.6 Å². The van der Waals surface area contributed by atoms with E-state index in [4.69, 9.17) is 9.47 Å². The summed E-state index contributed by atoms with van der Waals surface area (Å²) in [6, 6.07) is 15.0. The van der Waals surface area contributed by atoms with E-state index < -0.39 is 35.7 Å². The number of carbonyl (C=O) groups is 1. The number of hydrogen-bond acceptors (Lipinski definition) is 4. The van der Waals surface area contributed by atoms with Crippen molar-refractivity contribution in [3.8, 4) is 0 Å². The fourth-order valence-electron chi connectivity index (χ4n) is 3.55. The maximum absolute atomic E-state index is 14.3. The van der Waals surface area contributed by atoms with Gasteiger partial charge in [0.05, 0.1) is 18.4 Å². The molecule has 0 saturated carbocycles. The first kappa shape index (κ1) is 18.3. The first-order valence-electron chi connectivity index (χ1n) is 8.58. The quantitative estimate of drug-likeness (QED) is 0.706. The molecule has 0 aliphatic carbocycles. The number of anilines is 1. The van der Waals surface area contributed by atoms with Crippen LogP contribution in [0.15, 0.2) is 71.9 Å². The number of hydrogen-bond donors (Lipinski definition) is 0. The Morgan fingerprint density at radius 3 is 2.43 bits per heavy atom. The molecule has 2 atom stereocenters. The van der Waals surface area contributed by atoms with E-state index in [0.29, 0.717) is 16.8 Å². The Hall–Kier alpha value is -3.06. The molecule has 0 amide bonds. The predicted octanol–water partition coefficient (Wildman–Crippen LogP) is 4.61. The van der Waals surface area contributed by atoms with Crippen LogP contribution >= 0.6 is 0 Å². The van der Waals surface area contributed by atoms with Crippen molar-refractivity contribution in [3.63, 3.8) is 0 Å². The summed E-state index contributed by atoms with van der Waals surface area (Å²) in [6.45, 7) is 0. The van der Waals surface area contributed by atoms with Crippen LogP contribution in [0.2, 0.25) is 0 Å². The van der Waals surface area contributed by atoms with Crippen molar-refractivity contribution in [2.75, 3.05) is 12.0 Å². The topological polar surface area (TPSA) is 38.8 Å². The van der Waals surface area contributed by atoms with Crippen molar-refractivity contribution < 1.29 is 27.4 Å². The van der Waals surface area contributed by atoms with E-state index in [1.54, 1.807) is 66.7 Å². The smallest absolute Gasteiger partial charge is 0.432 e.